The highest BCUT2D eigenvalue weighted by atomic mass is 16.3. The predicted molar refractivity (Wildman–Crippen MR) is 362 cm³/mol. The van der Waals surface area contributed by atoms with Gasteiger partial charge in [-0.15, -0.1) is 0 Å². The first-order chi connectivity index (χ1) is 43.1. The molecule has 0 N–H and O–H groups in total. The number of aryl methyl sites for hydroxylation is 4. The van der Waals surface area contributed by atoms with Crippen LogP contribution in [0.25, 0.3) is 49.8 Å². The van der Waals surface area contributed by atoms with Crippen molar-refractivity contribution in [2.24, 2.45) is 41.4 Å². The lowest BCUT2D eigenvalue weighted by molar-refractivity contribution is -0.00512. The zero-order chi connectivity index (χ0) is 57.6. The van der Waals surface area contributed by atoms with Crippen LogP contribution in [-0.2, 0) is 5.41 Å². The molecule has 10 saturated carbocycles. The van der Waals surface area contributed by atoms with Crippen molar-refractivity contribution >= 4 is 90.3 Å². The molecule has 88 heavy (non-hydrogen) atoms. The van der Waals surface area contributed by atoms with Gasteiger partial charge >= 0.3 is 5.69 Å². The first-order valence-electron chi connectivity index (χ1n) is 36.7. The first-order valence-corrected chi connectivity index (χ1v) is 36.7. The molecule has 0 spiro atoms. The molecule has 0 saturated heterocycles. The van der Waals surface area contributed by atoms with Crippen molar-refractivity contribution in [2.45, 2.75) is 236 Å². The normalized spacial score (nSPS) is 32.1. The van der Waals surface area contributed by atoms with Crippen LogP contribution in [0.1, 0.15) is 264 Å². The Bertz CT molecular complexity index is 4600. The van der Waals surface area contributed by atoms with Gasteiger partial charge in [-0.25, -0.2) is 9.20 Å². The SMILES string of the molecule is Cc1cccc(C)c1B1c2cc(C34CC5CC(CC(C5)C3)C4)cc3c2-n2c4c1c1c(n4c(=O)n4c5c(c6c(c7oc8c(C9CCCCC9)c(C9CCCCC9)ccc8c75)C5CC7CC(C5)CC6C7)c(c24)B3c2c(C)cccc2C)C2CC3CC(CC1C3)C2. The summed E-state index contributed by atoms with van der Waals surface area (Å²) in [5, 5.41) is 4.06. The van der Waals surface area contributed by atoms with E-state index in [1.54, 1.807) is 38.8 Å². The third-order valence-electron chi connectivity index (χ3n) is 29.1. The lowest BCUT2D eigenvalue weighted by atomic mass is 9.29. The molecule has 14 aliphatic carbocycles. The van der Waals surface area contributed by atoms with Crippen LogP contribution in [0.2, 0.25) is 0 Å². The maximum atomic E-state index is 18.1. The zero-order valence-corrected chi connectivity index (χ0v) is 53.0. The van der Waals surface area contributed by atoms with E-state index in [0.717, 1.165) is 41.4 Å². The largest absolute Gasteiger partial charge is 0.455 e. The molecule has 0 amide bonds. The first kappa shape index (κ1) is 51.0. The predicted octanol–water partition coefficient (Wildman–Crippen LogP) is 15.6. The lowest BCUT2D eigenvalue weighted by Crippen LogP contribution is -2.66. The topological polar surface area (TPSA) is 44.0 Å². The number of benzene rings is 5. The van der Waals surface area contributed by atoms with Crippen LogP contribution in [0.15, 0.2) is 69.9 Å². The van der Waals surface area contributed by atoms with E-state index in [4.69, 9.17) is 4.42 Å². The molecule has 0 radical (unpaired) electrons. The van der Waals surface area contributed by atoms with E-state index in [1.165, 1.54) is 272 Å². The maximum Gasteiger partial charge on any atom is 0.340 e. The van der Waals surface area contributed by atoms with Crippen molar-refractivity contribution in [1.29, 1.82) is 0 Å². The number of nitrogens with zero attached hydrogens (tertiary/aromatic N) is 3. The minimum Gasteiger partial charge on any atom is -0.455 e. The fourth-order valence-electron chi connectivity index (χ4n) is 26.9. The van der Waals surface area contributed by atoms with E-state index in [9.17, 15) is 0 Å². The van der Waals surface area contributed by atoms with E-state index in [-0.39, 0.29) is 24.5 Å². The van der Waals surface area contributed by atoms with Crippen LogP contribution in [0, 0.1) is 69.1 Å². The molecule has 4 unspecified atom stereocenters. The minimum atomic E-state index is -0.0503. The average Bonchev–Trinajstić information content (AvgIpc) is 1.44. The fourth-order valence-corrected chi connectivity index (χ4v) is 26.9. The summed E-state index contributed by atoms with van der Waals surface area (Å²) in [6, 6.07) is 25.5. The van der Waals surface area contributed by atoms with Gasteiger partial charge in [-0.1, -0.05) is 132 Å². The van der Waals surface area contributed by atoms with Crippen LogP contribution in [0.3, 0.4) is 0 Å². The molecule has 5 aromatic carbocycles. The van der Waals surface area contributed by atoms with Crippen molar-refractivity contribution in [3.05, 3.63) is 132 Å². The molecule has 25 rings (SSSR count). The van der Waals surface area contributed by atoms with Crippen molar-refractivity contribution in [3.8, 4) is 5.69 Å². The Labute approximate surface area is 520 Å². The second-order valence-corrected chi connectivity index (χ2v) is 33.8. The molecular formula is C81H87B2N3O2. The highest BCUT2D eigenvalue weighted by Crippen LogP contribution is 2.64. The van der Waals surface area contributed by atoms with Gasteiger partial charge in [0.15, 0.2) is 0 Å². The van der Waals surface area contributed by atoms with Crippen LogP contribution < -0.4 is 38.5 Å². The van der Waals surface area contributed by atoms with E-state index in [0.29, 0.717) is 35.5 Å². The molecule has 9 aromatic rings. The maximum absolute atomic E-state index is 18.1. The molecule has 10 fully saturated rings. The summed E-state index contributed by atoms with van der Waals surface area (Å²) in [4.78, 5) is 18.1. The molecule has 2 aliphatic heterocycles. The Balaban J connectivity index is 0.982. The molecule has 4 aromatic heterocycles. The van der Waals surface area contributed by atoms with Gasteiger partial charge < -0.3 is 4.42 Å². The van der Waals surface area contributed by atoms with Crippen LogP contribution in [0.4, 0.5) is 0 Å². The van der Waals surface area contributed by atoms with E-state index >= 15 is 4.79 Å². The average molecular weight is 1160 g/mol. The molecule has 5 nitrogen and oxygen atoms in total. The summed E-state index contributed by atoms with van der Waals surface area (Å²) in [7, 11) is 0. The molecule has 12 bridgehead atoms. The smallest absolute Gasteiger partial charge is 0.340 e. The Kier molecular flexibility index (Phi) is 10.2. The summed E-state index contributed by atoms with van der Waals surface area (Å²) in [5.74, 6) is 8.34. The second-order valence-electron chi connectivity index (χ2n) is 33.8. The standard InChI is InChI=1S/C81H87B2N3O2/c1-41-13-11-14-42(2)69(41)82-61-36-58(81-38-49-25-50(39-81)27-51(26-49)40-81)37-62-74(61)84-78-71(82)66-56-32-47-24-48(33-56)35-57(34-47)73(66)85(78)80(87)86-75-67-60-22-21-59(52-17-7-5-8-18-52)63(53-19-9-6-10-20-53)76(60)88-77(67)65-55-30-45-23-46(31-55)29-54(28-45)64(65)68(75)72(79(84)86)83(62)70-43(3)15-12-16-44(70)4/h11-16,21-22,36-37,45-57H,5-10,17-20,23-35,38-40H2,1-4H3. The summed E-state index contributed by atoms with van der Waals surface area (Å²) < 4.78 is 16.1. The number of hydrogen-bond donors (Lipinski definition) is 0. The molecular weight excluding hydrogens is 1070 g/mol. The van der Waals surface area contributed by atoms with E-state index in [2.05, 4.69) is 102 Å². The summed E-state index contributed by atoms with van der Waals surface area (Å²) in [6.07, 6.45) is 34.3. The third kappa shape index (κ3) is 6.43. The van der Waals surface area contributed by atoms with E-state index < -0.39 is 0 Å². The number of aromatic nitrogens is 3. The molecule has 4 atom stereocenters. The lowest BCUT2D eigenvalue weighted by Gasteiger charge is -2.57. The highest BCUT2D eigenvalue weighted by molar-refractivity contribution is 7.03. The Hall–Kier alpha value is -5.68. The van der Waals surface area contributed by atoms with Gasteiger partial charge in [0.05, 0.1) is 10.9 Å². The van der Waals surface area contributed by atoms with Gasteiger partial charge in [-0.2, -0.15) is 0 Å². The van der Waals surface area contributed by atoms with Crippen molar-refractivity contribution in [1.82, 2.24) is 13.4 Å². The third-order valence-corrected chi connectivity index (χ3v) is 29.1. The van der Waals surface area contributed by atoms with Crippen LogP contribution in [0.5, 0.6) is 0 Å². The van der Waals surface area contributed by atoms with Gasteiger partial charge in [-0.05, 0) is 277 Å². The highest BCUT2D eigenvalue weighted by Gasteiger charge is 2.57. The van der Waals surface area contributed by atoms with Gasteiger partial charge in [0, 0.05) is 39.2 Å². The van der Waals surface area contributed by atoms with Gasteiger partial charge in [0.1, 0.15) is 22.5 Å². The summed E-state index contributed by atoms with van der Waals surface area (Å²) >= 11 is 0. The molecule has 16 aliphatic rings. The number of rotatable bonds is 5. The molecule has 7 heteroatoms. The van der Waals surface area contributed by atoms with E-state index in [1.807, 2.05) is 0 Å². The number of fused-ring (bicyclic) bond motifs is 7. The van der Waals surface area contributed by atoms with Crippen molar-refractivity contribution in [3.63, 3.8) is 0 Å². The summed E-state index contributed by atoms with van der Waals surface area (Å²) in [6.45, 7) is 9.75. The van der Waals surface area contributed by atoms with Gasteiger partial charge in [0.2, 0.25) is 13.4 Å². The van der Waals surface area contributed by atoms with Gasteiger partial charge in [0.25, 0.3) is 0 Å². The minimum absolute atomic E-state index is 0.0352. The van der Waals surface area contributed by atoms with Gasteiger partial charge in [-0.3, -0.25) is 8.97 Å². The Morgan fingerprint density at radius 2 is 0.955 bits per heavy atom. The molecule has 6 heterocycles. The second kappa shape index (κ2) is 17.7. The monoisotopic (exact) mass is 1160 g/mol. The van der Waals surface area contributed by atoms with Crippen molar-refractivity contribution in [2.75, 3.05) is 0 Å². The van der Waals surface area contributed by atoms with Crippen LogP contribution in [-0.4, -0.2) is 26.8 Å². The zero-order valence-electron chi connectivity index (χ0n) is 53.0. The van der Waals surface area contributed by atoms with Crippen LogP contribution >= 0.6 is 0 Å². The number of furan rings is 1. The fraction of sp³-hybridized carbons (Fsp3) is 0.543. The Morgan fingerprint density at radius 1 is 0.455 bits per heavy atom. The number of hydrogen-bond acceptors (Lipinski definition) is 2. The Morgan fingerprint density at radius 3 is 1.53 bits per heavy atom. The van der Waals surface area contributed by atoms with Crippen molar-refractivity contribution < 1.29 is 4.42 Å². The summed E-state index contributed by atoms with van der Waals surface area (Å²) in [5.41, 5.74) is 33.6. The quantitative estimate of drug-likeness (QED) is 0.161. The molecule has 444 valence electrons.